The molecule has 26 heavy (non-hydrogen) atoms. The number of aliphatic hydroxyl groups is 1. The van der Waals surface area contributed by atoms with Crippen LogP contribution >= 0.6 is 0 Å². The molecule has 0 aromatic heterocycles. The van der Waals surface area contributed by atoms with Gasteiger partial charge in [-0.2, -0.15) is 0 Å². The van der Waals surface area contributed by atoms with Crippen LogP contribution in [0.5, 0.6) is 0 Å². The summed E-state index contributed by atoms with van der Waals surface area (Å²) in [6.45, 7) is 8.69. The van der Waals surface area contributed by atoms with Crippen LogP contribution in [0.3, 0.4) is 0 Å². The second-order valence-electron chi connectivity index (χ2n) is 7.03. The van der Waals surface area contributed by atoms with Crippen molar-refractivity contribution >= 4 is 5.91 Å². The molecule has 3 nitrogen and oxygen atoms in total. The summed E-state index contributed by atoms with van der Waals surface area (Å²) < 4.78 is 0. The van der Waals surface area contributed by atoms with Gasteiger partial charge in [0.1, 0.15) is 0 Å². The number of allylic oxidation sites excluding steroid dienone is 1. The fourth-order valence-corrected chi connectivity index (χ4v) is 3.08. The number of rotatable bonds is 9. The molecule has 2 aromatic carbocycles. The first-order valence-electron chi connectivity index (χ1n) is 9.18. The first kappa shape index (κ1) is 19.9. The lowest BCUT2D eigenvalue weighted by Crippen LogP contribution is -2.42. The van der Waals surface area contributed by atoms with Crippen LogP contribution in [0.25, 0.3) is 0 Å². The van der Waals surface area contributed by atoms with Crippen LogP contribution in [0.2, 0.25) is 0 Å². The molecule has 0 aliphatic heterocycles. The highest BCUT2D eigenvalue weighted by Gasteiger charge is 2.31. The molecular formula is C23H29NO2. The highest BCUT2D eigenvalue weighted by atomic mass is 16.3. The minimum atomic E-state index is -0.686. The van der Waals surface area contributed by atoms with Crippen LogP contribution in [-0.4, -0.2) is 22.0 Å². The predicted octanol–water partition coefficient (Wildman–Crippen LogP) is 4.42. The molecule has 0 aliphatic rings. The summed E-state index contributed by atoms with van der Waals surface area (Å²) in [5, 5.41) is 10.6. The number of hydrogen-bond donors (Lipinski definition) is 1. The molecule has 2 atom stereocenters. The van der Waals surface area contributed by atoms with E-state index in [-0.39, 0.29) is 11.8 Å². The molecule has 0 bridgehead atoms. The van der Waals surface area contributed by atoms with Gasteiger partial charge in [-0.25, -0.2) is 0 Å². The van der Waals surface area contributed by atoms with Gasteiger partial charge >= 0.3 is 0 Å². The topological polar surface area (TPSA) is 40.5 Å². The minimum Gasteiger partial charge on any atom is -0.392 e. The maximum atomic E-state index is 13.3. The van der Waals surface area contributed by atoms with Crippen LogP contribution in [0.15, 0.2) is 73.3 Å². The summed E-state index contributed by atoms with van der Waals surface area (Å²) in [5.41, 5.74) is 2.15. The normalized spacial score (nSPS) is 13.2. The van der Waals surface area contributed by atoms with Gasteiger partial charge in [-0.15, -0.1) is 6.58 Å². The molecule has 138 valence electrons. The molecule has 1 N–H and O–H groups in total. The quantitative estimate of drug-likeness (QED) is 0.679. The highest BCUT2D eigenvalue weighted by Crippen LogP contribution is 2.22. The van der Waals surface area contributed by atoms with Crippen molar-refractivity contribution in [1.29, 1.82) is 0 Å². The Morgan fingerprint density at radius 2 is 1.46 bits per heavy atom. The average Bonchev–Trinajstić information content (AvgIpc) is 2.66. The van der Waals surface area contributed by atoms with Gasteiger partial charge < -0.3 is 10.0 Å². The molecule has 0 saturated heterocycles. The zero-order valence-corrected chi connectivity index (χ0v) is 15.7. The predicted molar refractivity (Wildman–Crippen MR) is 106 cm³/mol. The molecule has 0 spiro atoms. The molecule has 1 amide bonds. The molecule has 0 heterocycles. The SMILES string of the molecule is C=CC[C@H](C(=O)N(Cc1ccccc1)Cc1ccccc1)[C@H](O)C(C)C. The molecule has 3 heteroatoms. The maximum Gasteiger partial charge on any atom is 0.229 e. The fraction of sp³-hybridized carbons (Fsp3) is 0.348. The Labute approximate surface area is 157 Å². The second-order valence-corrected chi connectivity index (χ2v) is 7.03. The Morgan fingerprint density at radius 1 is 1.00 bits per heavy atom. The minimum absolute atomic E-state index is 0.0131. The first-order valence-corrected chi connectivity index (χ1v) is 9.18. The van der Waals surface area contributed by atoms with Gasteiger partial charge in [-0.05, 0) is 23.5 Å². The third kappa shape index (κ3) is 5.57. The summed E-state index contributed by atoms with van der Waals surface area (Å²) in [6.07, 6.45) is 1.50. The van der Waals surface area contributed by atoms with Gasteiger partial charge in [0.25, 0.3) is 0 Å². The van der Waals surface area contributed by atoms with Crippen molar-refractivity contribution in [3.05, 3.63) is 84.4 Å². The van der Waals surface area contributed by atoms with E-state index in [1.54, 1.807) is 6.08 Å². The first-order chi connectivity index (χ1) is 12.5. The lowest BCUT2D eigenvalue weighted by atomic mass is 9.89. The maximum absolute atomic E-state index is 13.3. The number of benzene rings is 2. The van der Waals surface area contributed by atoms with Crippen LogP contribution in [0.4, 0.5) is 0 Å². The van der Waals surface area contributed by atoms with Crippen molar-refractivity contribution in [2.45, 2.75) is 39.5 Å². The van der Waals surface area contributed by atoms with Gasteiger partial charge in [0.15, 0.2) is 0 Å². The largest absolute Gasteiger partial charge is 0.392 e. The molecule has 0 saturated carbocycles. The Hall–Kier alpha value is -2.39. The van der Waals surface area contributed by atoms with Gasteiger partial charge in [-0.1, -0.05) is 80.6 Å². The lowest BCUT2D eigenvalue weighted by Gasteiger charge is -2.31. The molecule has 2 aromatic rings. The van der Waals surface area contributed by atoms with E-state index in [1.807, 2.05) is 79.4 Å². The van der Waals surface area contributed by atoms with E-state index in [9.17, 15) is 9.90 Å². The highest BCUT2D eigenvalue weighted by molar-refractivity contribution is 5.79. The summed E-state index contributed by atoms with van der Waals surface area (Å²) in [6, 6.07) is 19.9. The number of hydrogen-bond acceptors (Lipinski definition) is 2. The standard InChI is InChI=1S/C23H29NO2/c1-4-11-21(22(25)18(2)3)23(26)24(16-19-12-7-5-8-13-19)17-20-14-9-6-10-15-20/h4-10,12-15,18,21-22,25H,1,11,16-17H2,2-3H3/t21-,22+/m0/s1. The van der Waals surface area contributed by atoms with Crippen molar-refractivity contribution < 1.29 is 9.90 Å². The van der Waals surface area contributed by atoms with Crippen LogP contribution < -0.4 is 0 Å². The summed E-state index contributed by atoms with van der Waals surface area (Å²) in [4.78, 5) is 15.1. The van der Waals surface area contributed by atoms with E-state index < -0.39 is 12.0 Å². The van der Waals surface area contributed by atoms with Crippen molar-refractivity contribution in [2.24, 2.45) is 11.8 Å². The molecule has 0 fully saturated rings. The fourth-order valence-electron chi connectivity index (χ4n) is 3.08. The van der Waals surface area contributed by atoms with Crippen molar-refractivity contribution in [1.82, 2.24) is 4.90 Å². The van der Waals surface area contributed by atoms with Crippen molar-refractivity contribution in [3.63, 3.8) is 0 Å². The zero-order valence-electron chi connectivity index (χ0n) is 15.7. The number of amides is 1. The monoisotopic (exact) mass is 351 g/mol. The van der Waals surface area contributed by atoms with Gasteiger partial charge in [0.2, 0.25) is 5.91 Å². The van der Waals surface area contributed by atoms with E-state index in [0.29, 0.717) is 19.5 Å². The Kier molecular flexibility index (Phi) is 7.61. The molecule has 0 radical (unpaired) electrons. The number of aliphatic hydroxyl groups excluding tert-OH is 1. The van der Waals surface area contributed by atoms with Crippen LogP contribution in [0.1, 0.15) is 31.4 Å². The summed E-state index contributed by atoms with van der Waals surface area (Å²) in [5.74, 6) is -0.488. The van der Waals surface area contributed by atoms with E-state index >= 15 is 0 Å². The van der Waals surface area contributed by atoms with E-state index in [1.165, 1.54) is 0 Å². The van der Waals surface area contributed by atoms with Crippen LogP contribution in [-0.2, 0) is 17.9 Å². The summed E-state index contributed by atoms with van der Waals surface area (Å²) >= 11 is 0. The van der Waals surface area contributed by atoms with E-state index in [4.69, 9.17) is 0 Å². The van der Waals surface area contributed by atoms with Crippen LogP contribution in [0, 0.1) is 11.8 Å². The average molecular weight is 351 g/mol. The van der Waals surface area contributed by atoms with E-state index in [0.717, 1.165) is 11.1 Å². The molecule has 0 unspecified atom stereocenters. The van der Waals surface area contributed by atoms with Gasteiger partial charge in [0, 0.05) is 13.1 Å². The number of carbonyl (C=O) groups excluding carboxylic acids is 1. The Morgan fingerprint density at radius 3 is 1.85 bits per heavy atom. The van der Waals surface area contributed by atoms with Crippen molar-refractivity contribution in [2.75, 3.05) is 0 Å². The second kappa shape index (κ2) is 9.93. The smallest absolute Gasteiger partial charge is 0.229 e. The van der Waals surface area contributed by atoms with Gasteiger partial charge in [-0.3, -0.25) is 4.79 Å². The third-order valence-electron chi connectivity index (χ3n) is 4.58. The number of nitrogens with zero attached hydrogens (tertiary/aromatic N) is 1. The molecule has 2 rings (SSSR count). The lowest BCUT2D eigenvalue weighted by molar-refractivity contribution is -0.141. The molecular weight excluding hydrogens is 322 g/mol. The van der Waals surface area contributed by atoms with Crippen molar-refractivity contribution in [3.8, 4) is 0 Å². The number of carbonyl (C=O) groups is 1. The molecule has 0 aliphatic carbocycles. The van der Waals surface area contributed by atoms with Gasteiger partial charge in [0.05, 0.1) is 12.0 Å². The Balaban J connectivity index is 2.27. The van der Waals surface area contributed by atoms with E-state index in [2.05, 4.69) is 6.58 Å². The Bertz CT molecular complexity index is 640. The summed E-state index contributed by atoms with van der Waals surface area (Å²) in [7, 11) is 0. The third-order valence-corrected chi connectivity index (χ3v) is 4.58. The zero-order chi connectivity index (χ0) is 18.9.